The average molecular weight is 448 g/mol. The molecule has 1 fully saturated rings. The number of hydrogen-bond donors (Lipinski definition) is 1. The van der Waals surface area contributed by atoms with Crippen molar-refractivity contribution in [2.75, 3.05) is 25.5 Å². The summed E-state index contributed by atoms with van der Waals surface area (Å²) in [5, 5.41) is 2.83. The fraction of sp³-hybridized carbons (Fsp3) is 0.280. The molecule has 1 atom stereocenters. The van der Waals surface area contributed by atoms with E-state index in [0.29, 0.717) is 47.2 Å². The van der Waals surface area contributed by atoms with Crippen LogP contribution in [0.5, 0.6) is 5.75 Å². The molecule has 2 heterocycles. The van der Waals surface area contributed by atoms with Gasteiger partial charge in [0.15, 0.2) is 0 Å². The van der Waals surface area contributed by atoms with Gasteiger partial charge in [0, 0.05) is 30.9 Å². The van der Waals surface area contributed by atoms with Crippen molar-refractivity contribution >= 4 is 17.5 Å². The van der Waals surface area contributed by atoms with Crippen molar-refractivity contribution in [2.24, 2.45) is 0 Å². The van der Waals surface area contributed by atoms with Gasteiger partial charge >= 0.3 is 0 Å². The van der Waals surface area contributed by atoms with Gasteiger partial charge in [0.2, 0.25) is 5.91 Å². The third-order valence-corrected chi connectivity index (χ3v) is 5.80. The van der Waals surface area contributed by atoms with Crippen molar-refractivity contribution < 1.29 is 18.7 Å². The second-order valence-electron chi connectivity index (χ2n) is 8.00. The first kappa shape index (κ1) is 22.4. The first-order valence-corrected chi connectivity index (χ1v) is 10.7. The molecule has 7 nitrogen and oxygen atoms in total. The molecule has 1 N–H and O–H groups in total. The highest BCUT2D eigenvalue weighted by molar-refractivity contribution is 6.04. The Balaban J connectivity index is 1.39. The summed E-state index contributed by atoms with van der Waals surface area (Å²) >= 11 is 0. The van der Waals surface area contributed by atoms with Gasteiger partial charge < -0.3 is 15.0 Å². The van der Waals surface area contributed by atoms with Crippen LogP contribution in [-0.2, 0) is 11.2 Å². The molecular weight excluding hydrogens is 423 g/mol. The van der Waals surface area contributed by atoms with Crippen LogP contribution in [0.3, 0.4) is 0 Å². The Morgan fingerprint density at radius 3 is 2.64 bits per heavy atom. The van der Waals surface area contributed by atoms with Gasteiger partial charge in [-0.1, -0.05) is 18.2 Å². The van der Waals surface area contributed by atoms with Crippen LogP contribution >= 0.6 is 0 Å². The quantitative estimate of drug-likeness (QED) is 0.621. The number of nitrogens with zero attached hydrogens (tertiary/aromatic N) is 3. The van der Waals surface area contributed by atoms with Gasteiger partial charge in [0.05, 0.1) is 24.8 Å². The molecule has 1 aromatic heterocycles. The van der Waals surface area contributed by atoms with Crippen LogP contribution in [0.15, 0.2) is 54.7 Å². The number of carbonyl (C=O) groups is 2. The maximum absolute atomic E-state index is 13.9. The van der Waals surface area contributed by atoms with Crippen molar-refractivity contribution in [3.63, 3.8) is 0 Å². The lowest BCUT2D eigenvalue weighted by Crippen LogP contribution is -2.30. The van der Waals surface area contributed by atoms with Crippen LogP contribution in [-0.4, -0.2) is 46.9 Å². The van der Waals surface area contributed by atoms with Gasteiger partial charge in [-0.05, 0) is 49.2 Å². The van der Waals surface area contributed by atoms with Crippen LogP contribution in [0.1, 0.15) is 39.8 Å². The topological polar surface area (TPSA) is 84.4 Å². The standard InChI is InChI=1S/C25H25FN4O3/c1-16-21(25(32)29-19-7-9-20(33-2)10-8-19)14-27-24(28-16)18-11-12-30(15-18)23(31)13-17-5-3-4-6-22(17)26/h3-10,14,18H,11-13,15H2,1-2H3,(H,29,32)/t18-/m1/s1. The summed E-state index contributed by atoms with van der Waals surface area (Å²) in [6.07, 6.45) is 2.28. The molecule has 0 radical (unpaired) electrons. The fourth-order valence-corrected chi connectivity index (χ4v) is 3.89. The molecule has 1 aliphatic rings. The second kappa shape index (κ2) is 9.77. The first-order valence-electron chi connectivity index (χ1n) is 10.7. The van der Waals surface area contributed by atoms with Crippen molar-refractivity contribution in [1.82, 2.24) is 14.9 Å². The van der Waals surface area contributed by atoms with E-state index in [9.17, 15) is 14.0 Å². The predicted octanol–water partition coefficient (Wildman–Crippen LogP) is 3.74. The number of carbonyl (C=O) groups excluding carboxylic acids is 2. The SMILES string of the molecule is COc1ccc(NC(=O)c2cnc([C@@H]3CCN(C(=O)Cc4ccccc4F)C3)nc2C)cc1. The monoisotopic (exact) mass is 448 g/mol. The lowest BCUT2D eigenvalue weighted by atomic mass is 10.1. The Morgan fingerprint density at radius 1 is 1.18 bits per heavy atom. The number of likely N-dealkylation sites (tertiary alicyclic amines) is 1. The Hall–Kier alpha value is -3.81. The maximum atomic E-state index is 13.9. The molecule has 170 valence electrons. The third-order valence-electron chi connectivity index (χ3n) is 5.80. The third kappa shape index (κ3) is 5.16. The molecule has 3 aromatic rings. The first-order chi connectivity index (χ1) is 15.9. The summed E-state index contributed by atoms with van der Waals surface area (Å²) in [7, 11) is 1.58. The van der Waals surface area contributed by atoms with Crippen LogP contribution < -0.4 is 10.1 Å². The van der Waals surface area contributed by atoms with Crippen molar-refractivity contribution in [1.29, 1.82) is 0 Å². The number of hydrogen-bond acceptors (Lipinski definition) is 5. The number of nitrogens with one attached hydrogen (secondary N) is 1. The Morgan fingerprint density at radius 2 is 1.94 bits per heavy atom. The number of aryl methyl sites for hydroxylation is 1. The van der Waals surface area contributed by atoms with Gasteiger partial charge in [-0.15, -0.1) is 0 Å². The zero-order valence-electron chi connectivity index (χ0n) is 18.5. The summed E-state index contributed by atoms with van der Waals surface area (Å²) in [5.74, 6) is 0.507. The normalized spacial score (nSPS) is 15.4. The Labute approximate surface area is 191 Å². The van der Waals surface area contributed by atoms with E-state index in [-0.39, 0.29) is 30.0 Å². The Bertz CT molecular complexity index is 1170. The highest BCUT2D eigenvalue weighted by atomic mass is 19.1. The fourth-order valence-electron chi connectivity index (χ4n) is 3.89. The zero-order valence-corrected chi connectivity index (χ0v) is 18.5. The van der Waals surface area contributed by atoms with Crippen molar-refractivity contribution in [3.05, 3.63) is 83.2 Å². The van der Waals surface area contributed by atoms with E-state index in [1.807, 2.05) is 0 Å². The number of methoxy groups -OCH3 is 1. The molecule has 1 aliphatic heterocycles. The molecule has 0 saturated carbocycles. The van der Waals surface area contributed by atoms with E-state index in [4.69, 9.17) is 4.74 Å². The second-order valence-corrected chi connectivity index (χ2v) is 8.00. The summed E-state index contributed by atoms with van der Waals surface area (Å²) in [6, 6.07) is 13.4. The van der Waals surface area contributed by atoms with Crippen molar-refractivity contribution in [3.8, 4) is 5.75 Å². The van der Waals surface area contributed by atoms with E-state index in [0.717, 1.165) is 6.42 Å². The van der Waals surface area contributed by atoms with Gasteiger partial charge in [-0.3, -0.25) is 9.59 Å². The molecule has 1 saturated heterocycles. The molecule has 8 heteroatoms. The number of rotatable bonds is 6. The van der Waals surface area contributed by atoms with E-state index in [1.165, 1.54) is 12.3 Å². The van der Waals surface area contributed by atoms with Crippen LogP contribution in [0, 0.1) is 12.7 Å². The molecule has 2 aromatic carbocycles. The number of anilines is 1. The lowest BCUT2D eigenvalue weighted by Gasteiger charge is -2.17. The van der Waals surface area contributed by atoms with Crippen molar-refractivity contribution in [2.45, 2.75) is 25.7 Å². The molecule has 0 bridgehead atoms. The molecule has 0 aliphatic carbocycles. The maximum Gasteiger partial charge on any atom is 0.259 e. The molecule has 0 spiro atoms. The smallest absolute Gasteiger partial charge is 0.259 e. The summed E-state index contributed by atoms with van der Waals surface area (Å²) in [6.45, 7) is 2.81. The van der Waals surface area contributed by atoms with Gasteiger partial charge in [-0.25, -0.2) is 14.4 Å². The van der Waals surface area contributed by atoms with E-state index in [1.54, 1.807) is 61.4 Å². The highest BCUT2D eigenvalue weighted by Gasteiger charge is 2.30. The summed E-state index contributed by atoms with van der Waals surface area (Å²) < 4.78 is 19.0. The number of amides is 2. The lowest BCUT2D eigenvalue weighted by molar-refractivity contribution is -0.129. The zero-order chi connectivity index (χ0) is 23.4. The summed E-state index contributed by atoms with van der Waals surface area (Å²) in [5.41, 5.74) is 2.00. The number of aromatic nitrogens is 2. The molecule has 4 rings (SSSR count). The predicted molar refractivity (Wildman–Crippen MR) is 122 cm³/mol. The molecular formula is C25H25FN4O3. The van der Waals surface area contributed by atoms with Crippen LogP contribution in [0.2, 0.25) is 0 Å². The van der Waals surface area contributed by atoms with Gasteiger partial charge in [-0.2, -0.15) is 0 Å². The van der Waals surface area contributed by atoms with Gasteiger partial charge in [0.1, 0.15) is 17.4 Å². The number of benzene rings is 2. The minimum absolute atomic E-state index is 0.0213. The molecule has 33 heavy (non-hydrogen) atoms. The average Bonchev–Trinajstić information content (AvgIpc) is 3.31. The Kier molecular flexibility index (Phi) is 6.63. The highest BCUT2D eigenvalue weighted by Crippen LogP contribution is 2.26. The van der Waals surface area contributed by atoms with Crippen LogP contribution in [0.25, 0.3) is 0 Å². The van der Waals surface area contributed by atoms with Crippen LogP contribution in [0.4, 0.5) is 10.1 Å². The molecule has 2 amide bonds. The largest absolute Gasteiger partial charge is 0.497 e. The summed E-state index contributed by atoms with van der Waals surface area (Å²) in [4.78, 5) is 36.0. The van der Waals surface area contributed by atoms with Gasteiger partial charge in [0.25, 0.3) is 5.91 Å². The number of ether oxygens (including phenoxy) is 1. The van der Waals surface area contributed by atoms with E-state index in [2.05, 4.69) is 15.3 Å². The van der Waals surface area contributed by atoms with E-state index < -0.39 is 0 Å². The molecule has 0 unspecified atom stereocenters. The minimum Gasteiger partial charge on any atom is -0.497 e. The minimum atomic E-state index is -0.371. The number of halogens is 1. The van der Waals surface area contributed by atoms with E-state index >= 15 is 0 Å².